The molecule has 0 radical (unpaired) electrons. The number of rotatable bonds is 9. The van der Waals surface area contributed by atoms with Crippen molar-refractivity contribution in [3.8, 4) is 5.75 Å². The van der Waals surface area contributed by atoms with Crippen LogP contribution in [0.4, 0.5) is 0 Å². The van der Waals surface area contributed by atoms with Crippen molar-refractivity contribution in [2.75, 3.05) is 0 Å². The van der Waals surface area contributed by atoms with Gasteiger partial charge in [-0.2, -0.15) is 0 Å². The third-order valence-electron chi connectivity index (χ3n) is 3.26. The average molecular weight is 396 g/mol. The number of halogens is 3. The van der Waals surface area contributed by atoms with Crippen LogP contribution in [0.15, 0.2) is 12.1 Å². The Balaban J connectivity index is 2.40. The number of unbranched alkanes of at least 4 members (excludes halogenated alkanes) is 2. The Labute approximate surface area is 157 Å². The first-order chi connectivity index (χ1) is 11.3. The van der Waals surface area contributed by atoms with Crippen LogP contribution in [0, 0.1) is 0 Å². The zero-order valence-corrected chi connectivity index (χ0v) is 16.0. The van der Waals surface area contributed by atoms with Gasteiger partial charge in [0, 0.05) is 5.02 Å². The van der Waals surface area contributed by atoms with E-state index in [0.29, 0.717) is 5.02 Å². The zero-order chi connectivity index (χ0) is 18.1. The summed E-state index contributed by atoms with van der Waals surface area (Å²) in [4.78, 5) is 23.5. The second-order valence-electron chi connectivity index (χ2n) is 5.47. The molecule has 0 heterocycles. The second kappa shape index (κ2) is 10.8. The topological polar surface area (TPSA) is 52.6 Å². The summed E-state index contributed by atoms with van der Waals surface area (Å²) in [5.74, 6) is -1.00. The number of carbonyl (C=O) groups is 2. The zero-order valence-electron chi connectivity index (χ0n) is 13.7. The van der Waals surface area contributed by atoms with E-state index in [1.807, 2.05) is 6.92 Å². The molecule has 4 nitrogen and oxygen atoms in total. The lowest BCUT2D eigenvalue weighted by Crippen LogP contribution is -2.17. The van der Waals surface area contributed by atoms with Crippen LogP contribution in [0.25, 0.3) is 0 Å². The molecule has 0 amide bonds. The molecular weight excluding hydrogens is 375 g/mol. The maximum Gasteiger partial charge on any atom is 0.311 e. The van der Waals surface area contributed by atoms with Crippen molar-refractivity contribution < 1.29 is 19.1 Å². The quantitative estimate of drug-likeness (QED) is 0.299. The van der Waals surface area contributed by atoms with Gasteiger partial charge in [0.15, 0.2) is 5.75 Å². The van der Waals surface area contributed by atoms with Gasteiger partial charge in [0.05, 0.1) is 29.0 Å². The van der Waals surface area contributed by atoms with Gasteiger partial charge in [-0.3, -0.25) is 9.59 Å². The Kier molecular flexibility index (Phi) is 9.49. The van der Waals surface area contributed by atoms with Crippen LogP contribution in [0.3, 0.4) is 0 Å². The molecule has 134 valence electrons. The maximum absolute atomic E-state index is 11.8. The minimum atomic E-state index is -0.614. The van der Waals surface area contributed by atoms with Crippen molar-refractivity contribution in [3.05, 3.63) is 27.2 Å². The number of carbonyl (C=O) groups excluding carboxylic acids is 2. The van der Waals surface area contributed by atoms with E-state index in [4.69, 9.17) is 44.3 Å². The van der Waals surface area contributed by atoms with Crippen molar-refractivity contribution >= 4 is 46.7 Å². The molecule has 0 bridgehead atoms. The highest BCUT2D eigenvalue weighted by atomic mass is 35.5. The van der Waals surface area contributed by atoms with Crippen LogP contribution in [-0.4, -0.2) is 18.0 Å². The van der Waals surface area contributed by atoms with Crippen molar-refractivity contribution in [3.63, 3.8) is 0 Å². The molecule has 24 heavy (non-hydrogen) atoms. The van der Waals surface area contributed by atoms with Gasteiger partial charge in [-0.1, -0.05) is 54.6 Å². The summed E-state index contributed by atoms with van der Waals surface area (Å²) in [7, 11) is 0. The molecule has 0 saturated heterocycles. The van der Waals surface area contributed by atoms with Crippen LogP contribution in [0.5, 0.6) is 5.75 Å². The molecule has 7 heteroatoms. The fourth-order valence-corrected chi connectivity index (χ4v) is 2.91. The van der Waals surface area contributed by atoms with E-state index in [9.17, 15) is 9.59 Å². The van der Waals surface area contributed by atoms with Crippen molar-refractivity contribution in [2.24, 2.45) is 0 Å². The van der Waals surface area contributed by atoms with Gasteiger partial charge in [0.25, 0.3) is 0 Å². The smallest absolute Gasteiger partial charge is 0.311 e. The molecule has 1 aromatic rings. The van der Waals surface area contributed by atoms with Gasteiger partial charge in [-0.15, -0.1) is 0 Å². The second-order valence-corrected chi connectivity index (χ2v) is 6.72. The first-order valence-corrected chi connectivity index (χ1v) is 9.01. The molecule has 1 atom stereocenters. The molecule has 0 N–H and O–H groups in total. The van der Waals surface area contributed by atoms with Crippen molar-refractivity contribution in [2.45, 2.75) is 58.5 Å². The van der Waals surface area contributed by atoms with E-state index < -0.39 is 11.9 Å². The fourth-order valence-electron chi connectivity index (χ4n) is 2.02. The van der Waals surface area contributed by atoms with Crippen LogP contribution < -0.4 is 4.74 Å². The fraction of sp³-hybridized carbons (Fsp3) is 0.529. The van der Waals surface area contributed by atoms with Crippen LogP contribution in [0.1, 0.15) is 52.4 Å². The highest BCUT2D eigenvalue weighted by Gasteiger charge is 2.16. The van der Waals surface area contributed by atoms with E-state index in [-0.39, 0.29) is 34.7 Å². The number of benzene rings is 1. The Morgan fingerprint density at radius 2 is 1.62 bits per heavy atom. The molecule has 0 aliphatic rings. The van der Waals surface area contributed by atoms with E-state index in [1.54, 1.807) is 0 Å². The average Bonchev–Trinajstić information content (AvgIpc) is 2.49. The lowest BCUT2D eigenvalue weighted by atomic mass is 10.1. The molecule has 0 saturated carbocycles. The summed E-state index contributed by atoms with van der Waals surface area (Å²) >= 11 is 17.7. The lowest BCUT2D eigenvalue weighted by Gasteiger charge is -2.13. The molecule has 1 rings (SSSR count). The minimum absolute atomic E-state index is 0.0361. The molecule has 0 spiro atoms. The minimum Gasteiger partial charge on any atom is -0.463 e. The van der Waals surface area contributed by atoms with Gasteiger partial charge in [-0.25, -0.2) is 0 Å². The Morgan fingerprint density at radius 3 is 2.21 bits per heavy atom. The standard InChI is InChI=1S/C17H21Cl3O4/c1-3-4-5-6-11(2)23-15(21)7-8-16(22)24-17-13(19)9-12(18)10-14(17)20/h9-11H,3-8H2,1-2H3. The van der Waals surface area contributed by atoms with E-state index >= 15 is 0 Å². The SMILES string of the molecule is CCCCCC(C)OC(=O)CCC(=O)Oc1c(Cl)cc(Cl)cc1Cl. The monoisotopic (exact) mass is 394 g/mol. The van der Waals surface area contributed by atoms with Gasteiger partial charge in [-0.05, 0) is 31.9 Å². The van der Waals surface area contributed by atoms with Crippen molar-refractivity contribution in [1.29, 1.82) is 0 Å². The molecule has 0 aliphatic heterocycles. The highest BCUT2D eigenvalue weighted by Crippen LogP contribution is 2.36. The largest absolute Gasteiger partial charge is 0.463 e. The summed E-state index contributed by atoms with van der Waals surface area (Å²) in [6.45, 7) is 3.96. The third kappa shape index (κ3) is 7.73. The Hall–Kier alpha value is -0.970. The van der Waals surface area contributed by atoms with Gasteiger partial charge in [0.2, 0.25) is 0 Å². The first-order valence-electron chi connectivity index (χ1n) is 7.88. The Morgan fingerprint density at radius 1 is 1.04 bits per heavy atom. The van der Waals surface area contributed by atoms with E-state index in [0.717, 1.165) is 25.7 Å². The third-order valence-corrected chi connectivity index (χ3v) is 4.04. The summed E-state index contributed by atoms with van der Waals surface area (Å²) in [5.41, 5.74) is 0. The van der Waals surface area contributed by atoms with Crippen molar-refractivity contribution in [1.82, 2.24) is 0 Å². The lowest BCUT2D eigenvalue weighted by molar-refractivity contribution is -0.151. The van der Waals surface area contributed by atoms with Gasteiger partial charge < -0.3 is 9.47 Å². The molecule has 0 fully saturated rings. The molecular formula is C17H21Cl3O4. The number of ether oxygens (including phenoxy) is 2. The molecule has 1 unspecified atom stereocenters. The number of hydrogen-bond donors (Lipinski definition) is 0. The van der Waals surface area contributed by atoms with E-state index in [1.165, 1.54) is 12.1 Å². The predicted molar refractivity (Wildman–Crippen MR) is 96.0 cm³/mol. The van der Waals surface area contributed by atoms with Crippen LogP contribution in [-0.2, 0) is 14.3 Å². The summed E-state index contributed by atoms with van der Waals surface area (Å²) in [6, 6.07) is 2.84. The van der Waals surface area contributed by atoms with E-state index in [2.05, 4.69) is 6.92 Å². The summed E-state index contributed by atoms with van der Waals surface area (Å²) in [5, 5.41) is 0.603. The predicted octanol–water partition coefficient (Wildman–Crippen LogP) is 5.84. The van der Waals surface area contributed by atoms with Gasteiger partial charge >= 0.3 is 11.9 Å². The summed E-state index contributed by atoms with van der Waals surface area (Å²) in [6.07, 6.45) is 3.73. The maximum atomic E-state index is 11.8. The summed E-state index contributed by atoms with van der Waals surface area (Å²) < 4.78 is 10.3. The number of esters is 2. The van der Waals surface area contributed by atoms with Gasteiger partial charge in [0.1, 0.15) is 0 Å². The van der Waals surface area contributed by atoms with Crippen LogP contribution >= 0.6 is 34.8 Å². The normalized spacial score (nSPS) is 11.9. The number of hydrogen-bond acceptors (Lipinski definition) is 4. The Bertz CT molecular complexity index is 552. The molecule has 1 aromatic carbocycles. The van der Waals surface area contributed by atoms with Crippen LogP contribution in [0.2, 0.25) is 15.1 Å². The molecule has 0 aromatic heterocycles. The highest BCUT2D eigenvalue weighted by molar-refractivity contribution is 6.40. The molecule has 0 aliphatic carbocycles. The first kappa shape index (κ1) is 21.1.